The third kappa shape index (κ3) is 4.07. The van der Waals surface area contributed by atoms with E-state index < -0.39 is 0 Å². The summed E-state index contributed by atoms with van der Waals surface area (Å²) in [5, 5.41) is 3.57. The van der Waals surface area contributed by atoms with Gasteiger partial charge in [0.25, 0.3) is 0 Å². The first kappa shape index (κ1) is 23.4. The normalized spacial score (nSPS) is 11.4. The second-order valence-corrected chi connectivity index (χ2v) is 10.3. The van der Waals surface area contributed by atoms with Crippen molar-refractivity contribution in [2.24, 2.45) is 0 Å². The molecular weight excluding hydrogens is 498 g/mol. The number of rotatable bonds is 4. The Labute approximate surface area is 238 Å². The molecule has 0 atom stereocenters. The zero-order valence-corrected chi connectivity index (χ0v) is 22.3. The Hall–Kier alpha value is -5.54. The summed E-state index contributed by atoms with van der Waals surface area (Å²) in [6, 6.07) is 51.2. The molecular formula is C38H25N3. The fourth-order valence-electron chi connectivity index (χ4n) is 5.81. The molecule has 0 saturated carbocycles. The lowest BCUT2D eigenvalue weighted by Crippen LogP contribution is -1.97. The first-order valence-electron chi connectivity index (χ1n) is 13.8. The van der Waals surface area contributed by atoms with Crippen LogP contribution in [0.5, 0.6) is 0 Å². The highest BCUT2D eigenvalue weighted by Gasteiger charge is 2.15. The van der Waals surface area contributed by atoms with Gasteiger partial charge < -0.3 is 0 Å². The molecule has 0 N–H and O–H groups in total. The molecule has 0 spiro atoms. The molecule has 0 aliphatic rings. The van der Waals surface area contributed by atoms with Gasteiger partial charge in [-0.1, -0.05) is 103 Å². The maximum absolute atomic E-state index is 5.07. The minimum Gasteiger partial charge on any atom is -0.292 e. The summed E-state index contributed by atoms with van der Waals surface area (Å²) in [6.45, 7) is 0. The van der Waals surface area contributed by atoms with Crippen LogP contribution < -0.4 is 0 Å². The number of hydrogen-bond acceptors (Lipinski definition) is 2. The van der Waals surface area contributed by atoms with Crippen LogP contribution in [0.3, 0.4) is 0 Å². The highest BCUT2D eigenvalue weighted by Crippen LogP contribution is 2.34. The van der Waals surface area contributed by atoms with Crippen LogP contribution in [-0.4, -0.2) is 14.5 Å². The number of imidazole rings is 1. The van der Waals surface area contributed by atoms with Crippen molar-refractivity contribution >= 4 is 32.7 Å². The SMILES string of the molecule is c1ccc(-n2c(-c3cccc(-c4cccc(-c5ccc6c(c5)ncc5ccccc56)c4)c3)nc3ccccc32)cc1. The Morgan fingerprint density at radius 1 is 0.439 bits per heavy atom. The van der Waals surface area contributed by atoms with E-state index in [-0.39, 0.29) is 0 Å². The Bertz CT molecular complexity index is 2210. The molecule has 8 aromatic rings. The fourth-order valence-corrected chi connectivity index (χ4v) is 5.81. The van der Waals surface area contributed by atoms with Gasteiger partial charge in [0.2, 0.25) is 0 Å². The van der Waals surface area contributed by atoms with Crippen molar-refractivity contribution in [3.05, 3.63) is 152 Å². The van der Waals surface area contributed by atoms with E-state index in [1.54, 1.807) is 0 Å². The Morgan fingerprint density at radius 3 is 1.93 bits per heavy atom. The van der Waals surface area contributed by atoms with E-state index in [1.165, 1.54) is 21.9 Å². The largest absolute Gasteiger partial charge is 0.292 e. The van der Waals surface area contributed by atoms with Gasteiger partial charge in [0, 0.05) is 28.2 Å². The lowest BCUT2D eigenvalue weighted by atomic mass is 9.96. The van der Waals surface area contributed by atoms with Gasteiger partial charge >= 0.3 is 0 Å². The number of fused-ring (bicyclic) bond motifs is 4. The van der Waals surface area contributed by atoms with Gasteiger partial charge in [-0.05, 0) is 70.1 Å². The van der Waals surface area contributed by atoms with Gasteiger partial charge in [0.1, 0.15) is 5.82 Å². The van der Waals surface area contributed by atoms with Gasteiger partial charge in [-0.15, -0.1) is 0 Å². The summed E-state index contributed by atoms with van der Waals surface area (Å²) in [5.74, 6) is 0.934. The molecule has 0 saturated heterocycles. The predicted molar refractivity (Wildman–Crippen MR) is 170 cm³/mol. The van der Waals surface area contributed by atoms with Crippen LogP contribution in [0.4, 0.5) is 0 Å². The van der Waals surface area contributed by atoms with Crippen molar-refractivity contribution in [2.45, 2.75) is 0 Å². The van der Waals surface area contributed by atoms with Crippen LogP contribution in [0.1, 0.15) is 0 Å². The van der Waals surface area contributed by atoms with Gasteiger partial charge in [0.15, 0.2) is 0 Å². The molecule has 8 rings (SSSR count). The molecule has 6 aromatic carbocycles. The third-order valence-corrected chi connectivity index (χ3v) is 7.82. The van der Waals surface area contributed by atoms with Crippen molar-refractivity contribution in [1.82, 2.24) is 14.5 Å². The summed E-state index contributed by atoms with van der Waals surface area (Å²) in [4.78, 5) is 9.83. The van der Waals surface area contributed by atoms with E-state index in [1.807, 2.05) is 18.3 Å². The Balaban J connectivity index is 1.22. The van der Waals surface area contributed by atoms with Gasteiger partial charge in [-0.3, -0.25) is 9.55 Å². The molecule has 41 heavy (non-hydrogen) atoms. The highest BCUT2D eigenvalue weighted by molar-refractivity contribution is 6.06. The second kappa shape index (κ2) is 9.58. The van der Waals surface area contributed by atoms with E-state index in [4.69, 9.17) is 9.97 Å². The lowest BCUT2D eigenvalue weighted by Gasteiger charge is -2.11. The summed E-state index contributed by atoms with van der Waals surface area (Å²) in [6.07, 6.45) is 1.96. The van der Waals surface area contributed by atoms with E-state index >= 15 is 0 Å². The molecule has 0 unspecified atom stereocenters. The minimum absolute atomic E-state index is 0.934. The number of pyridine rings is 1. The Kier molecular flexibility index (Phi) is 5.46. The van der Waals surface area contributed by atoms with Crippen LogP contribution >= 0.6 is 0 Å². The zero-order valence-electron chi connectivity index (χ0n) is 22.3. The maximum Gasteiger partial charge on any atom is 0.145 e. The van der Waals surface area contributed by atoms with Crippen LogP contribution in [-0.2, 0) is 0 Å². The monoisotopic (exact) mass is 523 g/mol. The van der Waals surface area contributed by atoms with Gasteiger partial charge in [-0.2, -0.15) is 0 Å². The first-order valence-corrected chi connectivity index (χ1v) is 13.8. The smallest absolute Gasteiger partial charge is 0.145 e. The third-order valence-electron chi connectivity index (χ3n) is 7.82. The molecule has 192 valence electrons. The molecule has 3 nitrogen and oxygen atoms in total. The molecule has 2 aromatic heterocycles. The van der Waals surface area contributed by atoms with Gasteiger partial charge in [0.05, 0.1) is 16.6 Å². The van der Waals surface area contributed by atoms with E-state index in [0.29, 0.717) is 0 Å². The van der Waals surface area contributed by atoms with Crippen LogP contribution in [0, 0.1) is 0 Å². The molecule has 0 bridgehead atoms. The molecule has 0 radical (unpaired) electrons. The second-order valence-electron chi connectivity index (χ2n) is 10.3. The standard InChI is InChI=1S/C38H25N3/c1-2-15-32(16-3-1)41-37-19-7-6-18-35(37)40-38(41)30-14-9-13-28(23-30)26-11-8-12-27(22-26)29-20-21-34-33-17-5-4-10-31(33)25-39-36(34)24-29/h1-25H. The van der Waals surface area contributed by atoms with Crippen LogP contribution in [0.2, 0.25) is 0 Å². The lowest BCUT2D eigenvalue weighted by molar-refractivity contribution is 1.10. The van der Waals surface area contributed by atoms with Gasteiger partial charge in [-0.25, -0.2) is 4.98 Å². The number of para-hydroxylation sites is 3. The van der Waals surface area contributed by atoms with Crippen LogP contribution in [0.15, 0.2) is 152 Å². The average Bonchev–Trinajstić information content (AvgIpc) is 3.45. The predicted octanol–water partition coefficient (Wildman–Crippen LogP) is 9.73. The Morgan fingerprint density at radius 2 is 1.10 bits per heavy atom. The van der Waals surface area contributed by atoms with Crippen molar-refractivity contribution in [1.29, 1.82) is 0 Å². The summed E-state index contributed by atoms with van der Waals surface area (Å²) < 4.78 is 2.25. The van der Waals surface area contributed by atoms with E-state index in [0.717, 1.165) is 50.1 Å². The fraction of sp³-hybridized carbons (Fsp3) is 0. The molecule has 0 amide bonds. The van der Waals surface area contributed by atoms with Crippen molar-refractivity contribution in [3.63, 3.8) is 0 Å². The molecule has 3 heteroatoms. The van der Waals surface area contributed by atoms with E-state index in [9.17, 15) is 0 Å². The molecule has 0 fully saturated rings. The summed E-state index contributed by atoms with van der Waals surface area (Å²) >= 11 is 0. The first-order chi connectivity index (χ1) is 20.3. The topological polar surface area (TPSA) is 30.7 Å². The quantitative estimate of drug-likeness (QED) is 0.215. The maximum atomic E-state index is 5.07. The van der Waals surface area contributed by atoms with Crippen molar-refractivity contribution in [2.75, 3.05) is 0 Å². The molecule has 2 heterocycles. The van der Waals surface area contributed by atoms with E-state index in [2.05, 4.69) is 138 Å². The average molecular weight is 524 g/mol. The number of nitrogens with zero attached hydrogens (tertiary/aromatic N) is 3. The molecule has 0 aliphatic carbocycles. The minimum atomic E-state index is 0.934. The zero-order chi connectivity index (χ0) is 27.2. The van der Waals surface area contributed by atoms with Crippen molar-refractivity contribution < 1.29 is 0 Å². The van der Waals surface area contributed by atoms with Crippen molar-refractivity contribution in [3.8, 4) is 39.3 Å². The number of aromatic nitrogens is 3. The number of hydrogen-bond donors (Lipinski definition) is 0. The highest BCUT2D eigenvalue weighted by atomic mass is 15.1. The number of benzene rings is 6. The summed E-state index contributed by atoms with van der Waals surface area (Å²) in [5.41, 5.74) is 9.91. The summed E-state index contributed by atoms with van der Waals surface area (Å²) in [7, 11) is 0. The van der Waals surface area contributed by atoms with Crippen LogP contribution in [0.25, 0.3) is 72.0 Å². The molecule has 0 aliphatic heterocycles.